The highest BCUT2D eigenvalue weighted by atomic mass is 16.2. The van der Waals surface area contributed by atoms with E-state index in [-0.39, 0.29) is 5.91 Å². The van der Waals surface area contributed by atoms with Crippen LogP contribution in [0.2, 0.25) is 0 Å². The van der Waals surface area contributed by atoms with E-state index in [1.165, 1.54) is 0 Å². The maximum atomic E-state index is 12.6. The molecule has 0 radical (unpaired) electrons. The number of piperazine rings is 1. The summed E-state index contributed by atoms with van der Waals surface area (Å²) in [7, 11) is 0. The molecule has 1 N–H and O–H groups in total. The van der Waals surface area contributed by atoms with Gasteiger partial charge in [-0.05, 0) is 68.1 Å². The summed E-state index contributed by atoms with van der Waals surface area (Å²) in [5.41, 5.74) is 4.85. The molecule has 0 atom stereocenters. The van der Waals surface area contributed by atoms with Gasteiger partial charge in [-0.25, -0.2) is 0 Å². The summed E-state index contributed by atoms with van der Waals surface area (Å²) in [4.78, 5) is 29.0. The number of aryl methyl sites for hydroxylation is 1. The van der Waals surface area contributed by atoms with Crippen LogP contribution in [-0.4, -0.2) is 42.9 Å². The number of rotatable bonds is 4. The van der Waals surface area contributed by atoms with E-state index in [2.05, 4.69) is 10.2 Å². The van der Waals surface area contributed by atoms with E-state index in [4.69, 9.17) is 0 Å². The van der Waals surface area contributed by atoms with Gasteiger partial charge in [-0.3, -0.25) is 9.59 Å². The van der Waals surface area contributed by atoms with Gasteiger partial charge in [-0.1, -0.05) is 12.1 Å². The Bertz CT molecular complexity index is 879. The van der Waals surface area contributed by atoms with Crippen molar-refractivity contribution in [3.8, 4) is 0 Å². The van der Waals surface area contributed by atoms with E-state index in [1.807, 2.05) is 61.2 Å². The summed E-state index contributed by atoms with van der Waals surface area (Å²) in [6, 6.07) is 13.7. The van der Waals surface area contributed by atoms with Crippen LogP contribution < -0.4 is 10.2 Å². The maximum Gasteiger partial charge on any atom is 0.255 e. The lowest BCUT2D eigenvalue weighted by atomic mass is 10.1. The van der Waals surface area contributed by atoms with Crippen LogP contribution in [0.1, 0.15) is 34.3 Å². The van der Waals surface area contributed by atoms with Crippen LogP contribution in [0.5, 0.6) is 0 Å². The van der Waals surface area contributed by atoms with Crippen molar-refractivity contribution in [2.75, 3.05) is 36.4 Å². The molecule has 2 aromatic carbocycles. The van der Waals surface area contributed by atoms with Crippen LogP contribution in [0, 0.1) is 19.8 Å². The second kappa shape index (κ2) is 7.66. The van der Waals surface area contributed by atoms with Gasteiger partial charge in [0.1, 0.15) is 0 Å². The van der Waals surface area contributed by atoms with E-state index in [0.717, 1.165) is 61.5 Å². The first-order valence-corrected chi connectivity index (χ1v) is 10.0. The smallest absolute Gasteiger partial charge is 0.255 e. The van der Waals surface area contributed by atoms with Crippen LogP contribution >= 0.6 is 0 Å². The van der Waals surface area contributed by atoms with E-state index in [9.17, 15) is 9.59 Å². The molecule has 5 heteroatoms. The van der Waals surface area contributed by atoms with Gasteiger partial charge in [0.2, 0.25) is 5.91 Å². The number of benzene rings is 2. The van der Waals surface area contributed by atoms with Crippen molar-refractivity contribution >= 4 is 23.2 Å². The van der Waals surface area contributed by atoms with Gasteiger partial charge >= 0.3 is 0 Å². The van der Waals surface area contributed by atoms with Crippen molar-refractivity contribution in [3.63, 3.8) is 0 Å². The Balaban J connectivity index is 1.36. The number of hydrogen-bond donors (Lipinski definition) is 1. The molecule has 1 saturated heterocycles. The fraction of sp³-hybridized carbons (Fsp3) is 0.391. The molecule has 0 bridgehead atoms. The highest BCUT2D eigenvalue weighted by Gasteiger charge is 2.34. The van der Waals surface area contributed by atoms with E-state index in [0.29, 0.717) is 17.4 Å². The Morgan fingerprint density at radius 3 is 2.25 bits per heavy atom. The normalized spacial score (nSPS) is 16.8. The molecule has 2 aliphatic rings. The standard InChI is InChI=1S/C23H27N3O2/c1-16-4-3-5-21(17(16)2)24-22(27)18-8-10-20(11-9-18)25-12-14-26(15-13-25)23(28)19-6-7-19/h3-5,8-11,19H,6-7,12-15H2,1-2H3,(H,24,27). The zero-order valence-electron chi connectivity index (χ0n) is 16.6. The Labute approximate surface area is 166 Å². The highest BCUT2D eigenvalue weighted by molar-refractivity contribution is 6.04. The SMILES string of the molecule is Cc1cccc(NC(=O)c2ccc(N3CCN(C(=O)C4CC4)CC3)cc2)c1C. The van der Waals surface area contributed by atoms with Gasteiger partial charge in [0.15, 0.2) is 0 Å². The van der Waals surface area contributed by atoms with Crippen LogP contribution in [0.15, 0.2) is 42.5 Å². The molecule has 2 aromatic rings. The van der Waals surface area contributed by atoms with Crippen LogP contribution in [-0.2, 0) is 4.79 Å². The molecule has 1 aliphatic heterocycles. The average molecular weight is 377 g/mol. The average Bonchev–Trinajstić information content (AvgIpc) is 3.56. The molecule has 0 spiro atoms. The summed E-state index contributed by atoms with van der Waals surface area (Å²) >= 11 is 0. The first kappa shape index (κ1) is 18.5. The van der Waals surface area contributed by atoms with Gasteiger partial charge < -0.3 is 15.1 Å². The number of hydrogen-bond acceptors (Lipinski definition) is 3. The third-order valence-corrected chi connectivity index (χ3v) is 5.87. The highest BCUT2D eigenvalue weighted by Crippen LogP contribution is 2.31. The van der Waals surface area contributed by atoms with Crippen LogP contribution in [0.4, 0.5) is 11.4 Å². The lowest BCUT2D eigenvalue weighted by molar-refractivity contribution is -0.132. The Morgan fingerprint density at radius 1 is 0.929 bits per heavy atom. The number of carbonyl (C=O) groups excluding carboxylic acids is 2. The summed E-state index contributed by atoms with van der Waals surface area (Å²) in [6.45, 7) is 7.30. The first-order chi connectivity index (χ1) is 13.5. The molecule has 4 rings (SSSR count). The quantitative estimate of drug-likeness (QED) is 0.886. The van der Waals surface area contributed by atoms with Crippen molar-refractivity contribution in [2.24, 2.45) is 5.92 Å². The second-order valence-corrected chi connectivity index (χ2v) is 7.84. The number of amides is 2. The fourth-order valence-corrected chi connectivity index (χ4v) is 3.68. The van der Waals surface area contributed by atoms with Crippen molar-refractivity contribution in [2.45, 2.75) is 26.7 Å². The molecule has 1 aliphatic carbocycles. The fourth-order valence-electron chi connectivity index (χ4n) is 3.68. The van der Waals surface area contributed by atoms with Gasteiger partial charge in [-0.2, -0.15) is 0 Å². The summed E-state index contributed by atoms with van der Waals surface area (Å²) < 4.78 is 0. The molecule has 0 unspecified atom stereocenters. The predicted molar refractivity (Wildman–Crippen MR) is 112 cm³/mol. The van der Waals surface area contributed by atoms with Gasteiger partial charge in [0, 0.05) is 49.0 Å². The predicted octanol–water partition coefficient (Wildman–Crippen LogP) is 3.61. The largest absolute Gasteiger partial charge is 0.368 e. The summed E-state index contributed by atoms with van der Waals surface area (Å²) in [6.07, 6.45) is 2.12. The molecule has 5 nitrogen and oxygen atoms in total. The maximum absolute atomic E-state index is 12.6. The Kier molecular flexibility index (Phi) is 5.07. The molecule has 146 valence electrons. The van der Waals surface area contributed by atoms with Gasteiger partial charge in [-0.15, -0.1) is 0 Å². The first-order valence-electron chi connectivity index (χ1n) is 10.0. The molecule has 28 heavy (non-hydrogen) atoms. The minimum Gasteiger partial charge on any atom is -0.368 e. The van der Waals surface area contributed by atoms with Gasteiger partial charge in [0.25, 0.3) is 5.91 Å². The number of nitrogens with one attached hydrogen (secondary N) is 1. The lowest BCUT2D eigenvalue weighted by Gasteiger charge is -2.36. The summed E-state index contributed by atoms with van der Waals surface area (Å²) in [5, 5.41) is 3.00. The van der Waals surface area contributed by atoms with E-state index < -0.39 is 0 Å². The van der Waals surface area contributed by atoms with Crippen molar-refractivity contribution in [1.82, 2.24) is 4.90 Å². The number of nitrogens with zero attached hydrogens (tertiary/aromatic N) is 2. The summed E-state index contributed by atoms with van der Waals surface area (Å²) in [5.74, 6) is 0.527. The molecule has 2 amide bonds. The number of carbonyl (C=O) groups is 2. The third kappa shape index (κ3) is 3.88. The molecule has 1 heterocycles. The van der Waals surface area contributed by atoms with E-state index >= 15 is 0 Å². The second-order valence-electron chi connectivity index (χ2n) is 7.84. The van der Waals surface area contributed by atoms with Crippen LogP contribution in [0.3, 0.4) is 0 Å². The van der Waals surface area contributed by atoms with Gasteiger partial charge in [0.05, 0.1) is 0 Å². The molecule has 1 saturated carbocycles. The van der Waals surface area contributed by atoms with Crippen molar-refractivity contribution in [3.05, 3.63) is 59.2 Å². The molecular formula is C23H27N3O2. The minimum atomic E-state index is -0.0971. The monoisotopic (exact) mass is 377 g/mol. The van der Waals surface area contributed by atoms with Crippen molar-refractivity contribution < 1.29 is 9.59 Å². The lowest BCUT2D eigenvalue weighted by Crippen LogP contribution is -2.49. The van der Waals surface area contributed by atoms with Crippen LogP contribution in [0.25, 0.3) is 0 Å². The van der Waals surface area contributed by atoms with Crippen molar-refractivity contribution in [1.29, 1.82) is 0 Å². The zero-order chi connectivity index (χ0) is 19.7. The Hall–Kier alpha value is -2.82. The minimum absolute atomic E-state index is 0.0971. The Morgan fingerprint density at radius 2 is 1.61 bits per heavy atom. The molecule has 0 aromatic heterocycles. The van der Waals surface area contributed by atoms with E-state index in [1.54, 1.807) is 0 Å². The zero-order valence-corrected chi connectivity index (χ0v) is 16.6. The topological polar surface area (TPSA) is 52.7 Å². The molecular weight excluding hydrogens is 350 g/mol. The number of anilines is 2. The molecule has 2 fully saturated rings. The third-order valence-electron chi connectivity index (χ3n) is 5.87.